The Balaban J connectivity index is 1.76. The summed E-state index contributed by atoms with van der Waals surface area (Å²) in [5, 5.41) is 0. The highest BCUT2D eigenvalue weighted by atomic mass is 79.9. The molecule has 1 heterocycles. The van der Waals surface area contributed by atoms with Crippen molar-refractivity contribution in [3.05, 3.63) is 64.1 Å². The van der Waals surface area contributed by atoms with Crippen LogP contribution in [-0.2, 0) is 0 Å². The van der Waals surface area contributed by atoms with E-state index in [1.54, 1.807) is 5.56 Å². The predicted molar refractivity (Wildman–Crippen MR) is 94.2 cm³/mol. The van der Waals surface area contributed by atoms with E-state index in [1.807, 2.05) is 0 Å². The lowest BCUT2D eigenvalue weighted by Crippen LogP contribution is -2.36. The molecule has 0 aromatic heterocycles. The van der Waals surface area contributed by atoms with Crippen LogP contribution in [0, 0.1) is 0 Å². The first kappa shape index (κ1) is 13.9. The molecule has 0 nitrogen and oxygen atoms in total. The average molecular weight is 359 g/mol. The van der Waals surface area contributed by atoms with Gasteiger partial charge in [0.15, 0.2) is 0 Å². The Morgan fingerprint density at radius 1 is 1.00 bits per heavy atom. The molecule has 1 fully saturated rings. The summed E-state index contributed by atoms with van der Waals surface area (Å²) in [6.45, 7) is 2.49. The summed E-state index contributed by atoms with van der Waals surface area (Å²) < 4.78 is 1.49. The van der Waals surface area contributed by atoms with Gasteiger partial charge < -0.3 is 0 Å². The fraction of sp³-hybridized carbons (Fsp3) is 0.368. The highest BCUT2D eigenvalue weighted by Gasteiger charge is 2.50. The lowest BCUT2D eigenvalue weighted by molar-refractivity contribution is 0.326. The third kappa shape index (κ3) is 2.19. The molecule has 3 atom stereocenters. The van der Waals surface area contributed by atoms with Gasteiger partial charge in [-0.3, -0.25) is 0 Å². The van der Waals surface area contributed by atoms with E-state index >= 15 is 0 Å². The van der Waals surface area contributed by atoms with Crippen molar-refractivity contribution in [2.24, 2.45) is 0 Å². The van der Waals surface area contributed by atoms with Crippen molar-refractivity contribution in [2.45, 2.75) is 47.7 Å². The molecule has 0 saturated heterocycles. The van der Waals surface area contributed by atoms with Gasteiger partial charge in [0.25, 0.3) is 0 Å². The van der Waals surface area contributed by atoms with Crippen molar-refractivity contribution in [3.63, 3.8) is 0 Å². The minimum Gasteiger partial charge on any atom is -0.118 e. The summed E-state index contributed by atoms with van der Waals surface area (Å²) in [4.78, 5) is 1.51. The van der Waals surface area contributed by atoms with Crippen molar-refractivity contribution in [2.75, 3.05) is 0 Å². The number of benzene rings is 2. The molecular formula is C19H19BrS. The number of fused-ring (bicyclic) bond motifs is 3. The standard InChI is InChI=1S/C19H19BrS/c1-19-16(13-9-11-14(20)12-10-13)6-4-7-17(19)15-5-2-3-8-18(15)21-19/h2-3,5,8-12,16-17H,4,6-7H2,1H3. The van der Waals surface area contributed by atoms with Gasteiger partial charge in [-0.1, -0.05) is 52.7 Å². The summed E-state index contributed by atoms with van der Waals surface area (Å²) in [5.74, 6) is 1.36. The zero-order valence-corrected chi connectivity index (χ0v) is 14.6. The Bertz CT molecular complexity index is 664. The highest BCUT2D eigenvalue weighted by Crippen LogP contribution is 2.63. The molecule has 3 unspecified atom stereocenters. The topological polar surface area (TPSA) is 0 Å². The molecule has 0 spiro atoms. The van der Waals surface area contributed by atoms with Gasteiger partial charge in [-0.15, -0.1) is 11.8 Å². The van der Waals surface area contributed by atoms with E-state index in [-0.39, 0.29) is 0 Å². The second-order valence-corrected chi connectivity index (χ2v) is 8.85. The Kier molecular flexibility index (Phi) is 3.42. The maximum atomic E-state index is 3.56. The van der Waals surface area contributed by atoms with Crippen LogP contribution in [0.15, 0.2) is 57.9 Å². The van der Waals surface area contributed by atoms with Crippen LogP contribution >= 0.6 is 27.7 Å². The fourth-order valence-corrected chi connectivity index (χ4v) is 6.24. The number of hydrogen-bond acceptors (Lipinski definition) is 1. The van der Waals surface area contributed by atoms with Crippen molar-refractivity contribution in [1.82, 2.24) is 0 Å². The molecule has 4 rings (SSSR count). The van der Waals surface area contributed by atoms with Crippen LogP contribution in [0.2, 0.25) is 0 Å². The van der Waals surface area contributed by atoms with Crippen LogP contribution in [0.3, 0.4) is 0 Å². The number of halogens is 1. The van der Waals surface area contributed by atoms with E-state index in [9.17, 15) is 0 Å². The summed E-state index contributed by atoms with van der Waals surface area (Å²) in [6.07, 6.45) is 4.00. The van der Waals surface area contributed by atoms with E-state index in [4.69, 9.17) is 0 Å². The Morgan fingerprint density at radius 3 is 2.52 bits per heavy atom. The molecule has 1 aliphatic heterocycles. The van der Waals surface area contributed by atoms with Gasteiger partial charge >= 0.3 is 0 Å². The first-order chi connectivity index (χ1) is 10.2. The largest absolute Gasteiger partial charge is 0.118 e. The van der Waals surface area contributed by atoms with Crippen LogP contribution in [0.1, 0.15) is 49.1 Å². The van der Waals surface area contributed by atoms with Crippen LogP contribution in [0.4, 0.5) is 0 Å². The molecule has 2 aromatic carbocycles. The van der Waals surface area contributed by atoms with E-state index in [2.05, 4.69) is 83.1 Å². The predicted octanol–water partition coefficient (Wildman–Crippen LogP) is 6.36. The van der Waals surface area contributed by atoms with Gasteiger partial charge in [0.05, 0.1) is 0 Å². The smallest absolute Gasteiger partial charge is 0.0316 e. The van der Waals surface area contributed by atoms with Crippen molar-refractivity contribution in [1.29, 1.82) is 0 Å². The zero-order valence-electron chi connectivity index (χ0n) is 12.2. The quantitative estimate of drug-likeness (QED) is 0.570. The fourth-order valence-electron chi connectivity index (χ4n) is 4.24. The molecule has 2 aromatic rings. The monoisotopic (exact) mass is 358 g/mol. The van der Waals surface area contributed by atoms with Crippen LogP contribution < -0.4 is 0 Å². The molecule has 0 bridgehead atoms. The molecule has 0 N–H and O–H groups in total. The van der Waals surface area contributed by atoms with Gasteiger partial charge in [0.1, 0.15) is 0 Å². The first-order valence-corrected chi connectivity index (χ1v) is 9.33. The zero-order chi connectivity index (χ0) is 14.4. The molecule has 1 aliphatic carbocycles. The van der Waals surface area contributed by atoms with Gasteiger partial charge in [-0.25, -0.2) is 0 Å². The first-order valence-electron chi connectivity index (χ1n) is 7.72. The number of thioether (sulfide) groups is 1. The highest BCUT2D eigenvalue weighted by molar-refractivity contribution is 9.10. The van der Waals surface area contributed by atoms with E-state index in [0.717, 1.165) is 0 Å². The summed E-state index contributed by atoms with van der Waals surface area (Å²) >= 11 is 5.68. The van der Waals surface area contributed by atoms with Gasteiger partial charge in [-0.2, -0.15) is 0 Å². The van der Waals surface area contributed by atoms with Gasteiger partial charge in [0, 0.05) is 20.0 Å². The molecule has 0 amide bonds. The van der Waals surface area contributed by atoms with E-state index in [0.29, 0.717) is 16.6 Å². The lowest BCUT2D eigenvalue weighted by Gasteiger charge is -2.43. The molecule has 2 aliphatic rings. The summed E-state index contributed by atoms with van der Waals surface area (Å²) in [6, 6.07) is 18.0. The van der Waals surface area contributed by atoms with Crippen LogP contribution in [0.25, 0.3) is 0 Å². The minimum atomic E-state index is 0.315. The van der Waals surface area contributed by atoms with Crippen molar-refractivity contribution >= 4 is 27.7 Å². The minimum absolute atomic E-state index is 0.315. The average Bonchev–Trinajstić information content (AvgIpc) is 2.80. The van der Waals surface area contributed by atoms with Crippen LogP contribution in [-0.4, -0.2) is 4.75 Å². The Labute approximate surface area is 139 Å². The maximum absolute atomic E-state index is 3.56. The third-order valence-corrected chi connectivity index (χ3v) is 7.40. The SMILES string of the molecule is CC12Sc3ccccc3C1CCCC2c1ccc(Br)cc1. The van der Waals surface area contributed by atoms with E-state index < -0.39 is 0 Å². The molecule has 108 valence electrons. The molecule has 2 heteroatoms. The molecule has 21 heavy (non-hydrogen) atoms. The number of rotatable bonds is 1. The second kappa shape index (κ2) is 5.17. The second-order valence-electron chi connectivity index (χ2n) is 6.41. The summed E-state index contributed by atoms with van der Waals surface area (Å²) in [5.41, 5.74) is 3.09. The van der Waals surface area contributed by atoms with Gasteiger partial charge in [-0.05, 0) is 55.0 Å². The lowest BCUT2D eigenvalue weighted by atomic mass is 9.67. The number of hydrogen-bond donors (Lipinski definition) is 0. The maximum Gasteiger partial charge on any atom is 0.0316 e. The van der Waals surface area contributed by atoms with Crippen molar-refractivity contribution in [3.8, 4) is 0 Å². The Hall–Kier alpha value is -0.730. The molecule has 0 radical (unpaired) electrons. The van der Waals surface area contributed by atoms with Crippen LogP contribution in [0.5, 0.6) is 0 Å². The molecular weight excluding hydrogens is 340 g/mol. The molecule has 1 saturated carbocycles. The summed E-state index contributed by atoms with van der Waals surface area (Å²) in [7, 11) is 0. The van der Waals surface area contributed by atoms with Crippen molar-refractivity contribution < 1.29 is 0 Å². The van der Waals surface area contributed by atoms with E-state index in [1.165, 1.54) is 34.2 Å². The van der Waals surface area contributed by atoms with Gasteiger partial charge in [0.2, 0.25) is 0 Å². The third-order valence-electron chi connectivity index (χ3n) is 5.27. The Morgan fingerprint density at radius 2 is 1.71 bits per heavy atom. The normalized spacial score (nSPS) is 30.8.